The van der Waals surface area contributed by atoms with Gasteiger partial charge in [-0.05, 0) is 36.1 Å². The number of thiophene rings is 1. The molecule has 1 aromatic heterocycles. The zero-order valence-electron chi connectivity index (χ0n) is 9.99. The lowest BCUT2D eigenvalue weighted by Gasteiger charge is -2.33. The zero-order chi connectivity index (χ0) is 11.4. The summed E-state index contributed by atoms with van der Waals surface area (Å²) in [6.07, 6.45) is 6.76. The summed E-state index contributed by atoms with van der Waals surface area (Å²) in [6.45, 7) is 2.31. The molecule has 2 rings (SSSR count). The van der Waals surface area contributed by atoms with Gasteiger partial charge >= 0.3 is 0 Å². The van der Waals surface area contributed by atoms with Gasteiger partial charge in [-0.1, -0.05) is 32.3 Å². The highest BCUT2D eigenvalue weighted by atomic mass is 32.1. The lowest BCUT2D eigenvalue weighted by molar-refractivity contribution is 0.212. The average molecular weight is 238 g/mol. The normalized spacial score (nSPS) is 27.9. The molecule has 3 N–H and O–H groups in total. The average Bonchev–Trinajstić information content (AvgIpc) is 2.84. The highest BCUT2D eigenvalue weighted by Crippen LogP contribution is 2.39. The van der Waals surface area contributed by atoms with E-state index in [1.807, 2.05) is 11.3 Å². The molecule has 2 nitrogen and oxygen atoms in total. The second kappa shape index (κ2) is 5.80. The van der Waals surface area contributed by atoms with Crippen molar-refractivity contribution >= 4 is 11.3 Å². The first-order valence-corrected chi connectivity index (χ1v) is 7.22. The summed E-state index contributed by atoms with van der Waals surface area (Å²) in [5.74, 6) is 7.37. The summed E-state index contributed by atoms with van der Waals surface area (Å²) in [4.78, 5) is 1.39. The number of nitrogens with one attached hydrogen (secondary N) is 1. The van der Waals surface area contributed by atoms with Crippen LogP contribution >= 0.6 is 11.3 Å². The van der Waals surface area contributed by atoms with Crippen molar-refractivity contribution in [1.29, 1.82) is 0 Å². The van der Waals surface area contributed by atoms with Crippen molar-refractivity contribution in [3.8, 4) is 0 Å². The van der Waals surface area contributed by atoms with E-state index < -0.39 is 0 Å². The molecular formula is C13H22N2S. The Labute approximate surface area is 102 Å². The van der Waals surface area contributed by atoms with E-state index in [9.17, 15) is 0 Å². The molecule has 1 heterocycles. The molecule has 1 aromatic rings. The summed E-state index contributed by atoms with van der Waals surface area (Å²) in [7, 11) is 0. The van der Waals surface area contributed by atoms with Crippen LogP contribution in [0.25, 0.3) is 0 Å². The van der Waals surface area contributed by atoms with Crippen LogP contribution in [0.15, 0.2) is 17.5 Å². The van der Waals surface area contributed by atoms with E-state index in [0.717, 1.165) is 11.8 Å². The minimum atomic E-state index is 0.370. The predicted molar refractivity (Wildman–Crippen MR) is 70.1 cm³/mol. The van der Waals surface area contributed by atoms with Crippen LogP contribution in [0.4, 0.5) is 0 Å². The van der Waals surface area contributed by atoms with Crippen LogP contribution in [-0.4, -0.2) is 0 Å². The van der Waals surface area contributed by atoms with Gasteiger partial charge in [-0.2, -0.15) is 0 Å². The Hall–Kier alpha value is -0.380. The molecule has 0 spiro atoms. The molecule has 0 aliphatic heterocycles. The van der Waals surface area contributed by atoms with Gasteiger partial charge in [0.25, 0.3) is 0 Å². The molecule has 0 radical (unpaired) electrons. The molecule has 0 amide bonds. The fraction of sp³-hybridized carbons (Fsp3) is 0.692. The third-order valence-electron chi connectivity index (χ3n) is 3.90. The van der Waals surface area contributed by atoms with Crippen molar-refractivity contribution in [1.82, 2.24) is 5.43 Å². The van der Waals surface area contributed by atoms with Crippen molar-refractivity contribution in [2.24, 2.45) is 17.7 Å². The first-order chi connectivity index (χ1) is 7.85. The summed E-state index contributed by atoms with van der Waals surface area (Å²) >= 11 is 1.82. The Kier molecular flexibility index (Phi) is 4.38. The van der Waals surface area contributed by atoms with E-state index in [0.29, 0.717) is 6.04 Å². The molecule has 0 bridgehead atoms. The molecule has 0 saturated heterocycles. The monoisotopic (exact) mass is 238 g/mol. The number of rotatable bonds is 4. The molecule has 1 fully saturated rings. The summed E-state index contributed by atoms with van der Waals surface area (Å²) < 4.78 is 0. The van der Waals surface area contributed by atoms with Gasteiger partial charge in [0, 0.05) is 4.88 Å². The van der Waals surface area contributed by atoms with Crippen molar-refractivity contribution < 1.29 is 0 Å². The molecule has 0 aromatic carbocycles. The van der Waals surface area contributed by atoms with Crippen LogP contribution in [0, 0.1) is 11.8 Å². The molecule has 3 heteroatoms. The van der Waals surface area contributed by atoms with Gasteiger partial charge in [-0.25, -0.2) is 0 Å². The highest BCUT2D eigenvalue weighted by molar-refractivity contribution is 7.10. The predicted octanol–water partition coefficient (Wildman–Crippen LogP) is 3.47. The summed E-state index contributed by atoms with van der Waals surface area (Å²) in [5, 5.41) is 2.14. The SMILES string of the molecule is CCC1CCCC(C(NN)c2cccs2)C1. The van der Waals surface area contributed by atoms with E-state index in [1.165, 1.54) is 37.0 Å². The third-order valence-corrected chi connectivity index (χ3v) is 4.86. The van der Waals surface area contributed by atoms with Crippen molar-refractivity contribution in [2.45, 2.75) is 45.1 Å². The largest absolute Gasteiger partial charge is 0.271 e. The Bertz CT molecular complexity index is 297. The number of hydrazine groups is 1. The first kappa shape index (κ1) is 12.1. The molecule has 1 aliphatic carbocycles. The van der Waals surface area contributed by atoms with Crippen LogP contribution in [-0.2, 0) is 0 Å². The minimum Gasteiger partial charge on any atom is -0.271 e. The quantitative estimate of drug-likeness (QED) is 0.622. The second-order valence-electron chi connectivity index (χ2n) is 4.86. The molecule has 1 aliphatic rings. The van der Waals surface area contributed by atoms with Gasteiger partial charge < -0.3 is 0 Å². The second-order valence-corrected chi connectivity index (χ2v) is 5.84. The van der Waals surface area contributed by atoms with Crippen LogP contribution in [0.1, 0.15) is 49.9 Å². The molecule has 3 atom stereocenters. The fourth-order valence-corrected chi connectivity index (χ4v) is 3.80. The standard InChI is InChI=1S/C13H22N2S/c1-2-10-5-3-6-11(9-10)13(15-14)12-7-4-8-16-12/h4,7-8,10-11,13,15H,2-3,5-6,9,14H2,1H3. The Balaban J connectivity index is 2.03. The highest BCUT2D eigenvalue weighted by Gasteiger charge is 2.28. The van der Waals surface area contributed by atoms with Gasteiger partial charge in [0.15, 0.2) is 0 Å². The Morgan fingerprint density at radius 1 is 1.56 bits per heavy atom. The minimum absolute atomic E-state index is 0.370. The smallest absolute Gasteiger partial charge is 0.0581 e. The van der Waals surface area contributed by atoms with E-state index in [4.69, 9.17) is 5.84 Å². The lowest BCUT2D eigenvalue weighted by atomic mass is 9.76. The maximum atomic E-state index is 5.74. The van der Waals surface area contributed by atoms with Crippen LogP contribution < -0.4 is 11.3 Å². The van der Waals surface area contributed by atoms with Crippen LogP contribution in [0.2, 0.25) is 0 Å². The molecular weight excluding hydrogens is 216 g/mol. The van der Waals surface area contributed by atoms with Crippen LogP contribution in [0.3, 0.4) is 0 Å². The maximum absolute atomic E-state index is 5.74. The fourth-order valence-electron chi connectivity index (χ4n) is 2.92. The van der Waals surface area contributed by atoms with E-state index in [-0.39, 0.29) is 0 Å². The summed E-state index contributed by atoms with van der Waals surface area (Å²) in [5.41, 5.74) is 3.03. The number of hydrogen-bond donors (Lipinski definition) is 2. The zero-order valence-corrected chi connectivity index (χ0v) is 10.8. The van der Waals surface area contributed by atoms with Crippen molar-refractivity contribution in [3.63, 3.8) is 0 Å². The van der Waals surface area contributed by atoms with Crippen molar-refractivity contribution in [3.05, 3.63) is 22.4 Å². The van der Waals surface area contributed by atoms with Gasteiger partial charge in [0.2, 0.25) is 0 Å². The van der Waals surface area contributed by atoms with E-state index in [1.54, 1.807) is 0 Å². The number of hydrogen-bond acceptors (Lipinski definition) is 3. The first-order valence-electron chi connectivity index (χ1n) is 6.34. The molecule has 3 unspecified atom stereocenters. The number of nitrogens with two attached hydrogens (primary N) is 1. The lowest BCUT2D eigenvalue weighted by Crippen LogP contribution is -2.35. The van der Waals surface area contributed by atoms with Gasteiger partial charge in [-0.3, -0.25) is 11.3 Å². The Morgan fingerprint density at radius 2 is 2.44 bits per heavy atom. The molecule has 16 heavy (non-hydrogen) atoms. The van der Waals surface area contributed by atoms with Crippen molar-refractivity contribution in [2.75, 3.05) is 0 Å². The maximum Gasteiger partial charge on any atom is 0.0581 e. The molecule has 90 valence electrons. The summed E-state index contributed by atoms with van der Waals surface area (Å²) in [6, 6.07) is 4.68. The molecule has 1 saturated carbocycles. The van der Waals surface area contributed by atoms with Crippen LogP contribution in [0.5, 0.6) is 0 Å². The topological polar surface area (TPSA) is 38.0 Å². The third kappa shape index (κ3) is 2.65. The van der Waals surface area contributed by atoms with E-state index >= 15 is 0 Å². The Morgan fingerprint density at radius 3 is 3.06 bits per heavy atom. The van der Waals surface area contributed by atoms with Gasteiger partial charge in [-0.15, -0.1) is 11.3 Å². The van der Waals surface area contributed by atoms with Gasteiger partial charge in [0.05, 0.1) is 6.04 Å². The van der Waals surface area contributed by atoms with E-state index in [2.05, 4.69) is 29.9 Å². The van der Waals surface area contributed by atoms with Gasteiger partial charge in [0.1, 0.15) is 0 Å².